The van der Waals surface area contributed by atoms with Crippen molar-refractivity contribution in [2.45, 2.75) is 32.2 Å². The first-order valence-corrected chi connectivity index (χ1v) is 12.0. The lowest BCUT2D eigenvalue weighted by atomic mass is 9.78. The predicted octanol–water partition coefficient (Wildman–Crippen LogP) is 5.82. The molecule has 0 fully saturated rings. The zero-order valence-corrected chi connectivity index (χ0v) is 20.2. The summed E-state index contributed by atoms with van der Waals surface area (Å²) in [5, 5.41) is 5.09. The molecule has 1 heterocycles. The van der Waals surface area contributed by atoms with Gasteiger partial charge < -0.3 is 15.6 Å². The van der Waals surface area contributed by atoms with E-state index in [1.807, 2.05) is 17.3 Å². The summed E-state index contributed by atoms with van der Waals surface area (Å²) in [5.74, 6) is -0.0907. The zero-order chi connectivity index (χ0) is 24.7. The van der Waals surface area contributed by atoms with Crippen LogP contribution in [0.4, 0.5) is 19.3 Å². The minimum absolute atomic E-state index is 0.192. The van der Waals surface area contributed by atoms with E-state index in [0.717, 1.165) is 29.8 Å². The van der Waals surface area contributed by atoms with Gasteiger partial charge in [0.05, 0.1) is 17.4 Å². The second kappa shape index (κ2) is 9.21. The van der Waals surface area contributed by atoms with Gasteiger partial charge in [-0.05, 0) is 78.8 Å². The van der Waals surface area contributed by atoms with Crippen molar-refractivity contribution < 1.29 is 13.6 Å². The van der Waals surface area contributed by atoms with E-state index in [1.165, 1.54) is 45.9 Å². The number of hydrogen-bond donors (Lipinski definition) is 2. The topological polar surface area (TPSA) is 47.6 Å². The average Bonchev–Trinajstić information content (AvgIpc) is 3.44. The van der Waals surface area contributed by atoms with E-state index in [4.69, 9.17) is 0 Å². The summed E-state index contributed by atoms with van der Waals surface area (Å²) in [5.41, 5.74) is 9.98. The largest absolute Gasteiger partial charge is 0.331 e. The summed E-state index contributed by atoms with van der Waals surface area (Å²) in [4.78, 5) is 14.0. The van der Waals surface area contributed by atoms with E-state index < -0.39 is 0 Å². The molecular formula is C28H30F2N4O. The third-order valence-electron chi connectivity index (χ3n) is 7.26. The van der Waals surface area contributed by atoms with Crippen molar-refractivity contribution in [1.29, 1.82) is 0 Å². The van der Waals surface area contributed by atoms with Crippen LogP contribution in [0.2, 0.25) is 0 Å². The normalized spacial score (nSPS) is 21.6. The second-order valence-electron chi connectivity index (χ2n) is 9.70. The van der Waals surface area contributed by atoms with Crippen LogP contribution in [0.3, 0.4) is 0 Å². The monoisotopic (exact) mass is 476 g/mol. The lowest BCUT2D eigenvalue weighted by molar-refractivity contribution is 0.211. The fourth-order valence-electron chi connectivity index (χ4n) is 5.53. The molecule has 0 radical (unpaired) electrons. The molecule has 2 aromatic carbocycles. The summed E-state index contributed by atoms with van der Waals surface area (Å²) in [6.07, 6.45) is 6.91. The first-order chi connectivity index (χ1) is 16.8. The number of urea groups is 1. The van der Waals surface area contributed by atoms with E-state index in [2.05, 4.69) is 23.7 Å². The molecule has 2 amide bonds. The molecule has 3 atom stereocenters. The van der Waals surface area contributed by atoms with Crippen LogP contribution < -0.4 is 15.8 Å². The number of benzene rings is 2. The van der Waals surface area contributed by atoms with Gasteiger partial charge in [0.15, 0.2) is 0 Å². The lowest BCUT2D eigenvalue weighted by Crippen LogP contribution is -2.38. The molecule has 2 aromatic rings. The van der Waals surface area contributed by atoms with Crippen molar-refractivity contribution in [1.82, 2.24) is 15.6 Å². The van der Waals surface area contributed by atoms with Gasteiger partial charge >= 0.3 is 6.03 Å². The Bertz CT molecular complexity index is 1230. The molecule has 35 heavy (non-hydrogen) atoms. The number of halogens is 2. The number of hydrazine groups is 1. The second-order valence-corrected chi connectivity index (χ2v) is 9.70. The number of carbonyl (C=O) groups excluding carboxylic acids is 1. The van der Waals surface area contributed by atoms with E-state index in [1.54, 1.807) is 32.3 Å². The molecule has 0 spiro atoms. The Labute approximate surface area is 204 Å². The summed E-state index contributed by atoms with van der Waals surface area (Å²) in [7, 11) is 3.41. The van der Waals surface area contributed by atoms with Gasteiger partial charge in [-0.15, -0.1) is 0 Å². The Morgan fingerprint density at radius 2 is 1.94 bits per heavy atom. The number of fused-ring (bicyclic) bond motifs is 1. The molecule has 2 aliphatic carbocycles. The van der Waals surface area contributed by atoms with E-state index >= 15 is 0 Å². The van der Waals surface area contributed by atoms with E-state index in [-0.39, 0.29) is 35.5 Å². The molecule has 1 unspecified atom stereocenters. The minimum atomic E-state index is -0.306. The summed E-state index contributed by atoms with van der Waals surface area (Å²) in [6, 6.07) is 12.5. The van der Waals surface area contributed by atoms with Crippen LogP contribution in [0.5, 0.6) is 0 Å². The lowest BCUT2D eigenvalue weighted by Gasteiger charge is -2.31. The van der Waals surface area contributed by atoms with Crippen LogP contribution >= 0.6 is 0 Å². The smallest absolute Gasteiger partial charge is 0.317 e. The van der Waals surface area contributed by atoms with Gasteiger partial charge in [-0.3, -0.25) is 5.01 Å². The quantitative estimate of drug-likeness (QED) is 0.572. The number of amides is 2. The number of carbonyl (C=O) groups is 1. The number of hydrogen-bond acceptors (Lipinski definition) is 3. The maximum absolute atomic E-state index is 14.0. The summed E-state index contributed by atoms with van der Waals surface area (Å²) >= 11 is 0. The Balaban J connectivity index is 1.43. The van der Waals surface area contributed by atoms with Gasteiger partial charge in [0.25, 0.3) is 0 Å². The van der Waals surface area contributed by atoms with Crippen molar-refractivity contribution in [2.75, 3.05) is 19.1 Å². The number of nitrogens with one attached hydrogen (secondary N) is 2. The Hall–Kier alpha value is -3.61. The highest BCUT2D eigenvalue weighted by molar-refractivity contribution is 5.74. The fourth-order valence-corrected chi connectivity index (χ4v) is 5.53. The van der Waals surface area contributed by atoms with Crippen molar-refractivity contribution in [3.05, 3.63) is 100 Å². The van der Waals surface area contributed by atoms with Crippen molar-refractivity contribution in [3.8, 4) is 0 Å². The Morgan fingerprint density at radius 3 is 2.66 bits per heavy atom. The van der Waals surface area contributed by atoms with Crippen LogP contribution in [0.15, 0.2) is 83.2 Å². The van der Waals surface area contributed by atoms with Crippen LogP contribution in [0.25, 0.3) is 0 Å². The number of anilines is 1. The highest BCUT2D eigenvalue weighted by Crippen LogP contribution is 2.49. The SMILES string of the molecule is C[C@H]1C2=CNN(c3ccc(F)cc3)C2=CC2=C1[C@@H](CC(NC(=O)N(C)C)c1cccc(F)c1)CC2. The predicted molar refractivity (Wildman–Crippen MR) is 133 cm³/mol. The van der Waals surface area contributed by atoms with Crippen LogP contribution in [-0.2, 0) is 0 Å². The molecule has 1 aliphatic heterocycles. The number of rotatable bonds is 5. The number of nitrogens with zero attached hydrogens (tertiary/aromatic N) is 2. The molecule has 0 aromatic heterocycles. The molecule has 3 aliphatic rings. The average molecular weight is 477 g/mol. The van der Waals surface area contributed by atoms with Gasteiger partial charge in [0.1, 0.15) is 11.6 Å². The van der Waals surface area contributed by atoms with Gasteiger partial charge in [0.2, 0.25) is 0 Å². The van der Waals surface area contributed by atoms with Crippen molar-refractivity contribution >= 4 is 11.7 Å². The molecule has 7 heteroatoms. The zero-order valence-electron chi connectivity index (χ0n) is 20.2. The van der Waals surface area contributed by atoms with Crippen LogP contribution in [-0.4, -0.2) is 25.0 Å². The molecule has 0 bridgehead atoms. The minimum Gasteiger partial charge on any atom is -0.331 e. The first kappa shape index (κ1) is 23.1. The standard InChI is InChI=1S/C28H30F2N4O/c1-17-24-16-31-34(23-11-9-21(29)10-12-23)26(24)15-20-8-7-19(27(17)20)14-25(32-28(35)33(2)3)18-5-4-6-22(30)13-18/h4-6,9-13,15-17,19,25,31H,7-8,14H2,1-3H3,(H,32,35)/t17-,19+,25?/m0/s1. The maximum Gasteiger partial charge on any atom is 0.317 e. The van der Waals surface area contributed by atoms with E-state index in [9.17, 15) is 13.6 Å². The Morgan fingerprint density at radius 1 is 1.17 bits per heavy atom. The highest BCUT2D eigenvalue weighted by Gasteiger charge is 2.39. The molecule has 0 saturated carbocycles. The fraction of sp³-hybridized carbons (Fsp3) is 0.321. The molecule has 182 valence electrons. The Kier molecular flexibility index (Phi) is 6.09. The van der Waals surface area contributed by atoms with Gasteiger partial charge in [-0.25, -0.2) is 13.6 Å². The summed E-state index contributed by atoms with van der Waals surface area (Å²) < 4.78 is 27.5. The molecule has 5 rings (SSSR count). The van der Waals surface area contributed by atoms with E-state index in [0.29, 0.717) is 6.42 Å². The van der Waals surface area contributed by atoms with Gasteiger partial charge in [0, 0.05) is 31.8 Å². The van der Waals surface area contributed by atoms with Crippen LogP contribution in [0, 0.1) is 23.5 Å². The molecule has 5 nitrogen and oxygen atoms in total. The third kappa shape index (κ3) is 4.43. The number of allylic oxidation sites excluding steroid dienone is 4. The van der Waals surface area contributed by atoms with Gasteiger partial charge in [-0.1, -0.05) is 24.6 Å². The molecule has 0 saturated heterocycles. The van der Waals surface area contributed by atoms with Crippen molar-refractivity contribution in [3.63, 3.8) is 0 Å². The third-order valence-corrected chi connectivity index (χ3v) is 7.26. The van der Waals surface area contributed by atoms with Crippen molar-refractivity contribution in [2.24, 2.45) is 11.8 Å². The maximum atomic E-state index is 14.0. The van der Waals surface area contributed by atoms with Crippen LogP contribution in [0.1, 0.15) is 37.8 Å². The summed E-state index contributed by atoms with van der Waals surface area (Å²) in [6.45, 7) is 2.22. The first-order valence-electron chi connectivity index (χ1n) is 12.0. The molecule has 2 N–H and O–H groups in total. The highest BCUT2D eigenvalue weighted by atomic mass is 19.1. The molecular weight excluding hydrogens is 446 g/mol. The van der Waals surface area contributed by atoms with Gasteiger partial charge in [-0.2, -0.15) is 0 Å².